The van der Waals surface area contributed by atoms with Crippen molar-refractivity contribution in [1.82, 2.24) is 10.3 Å². The number of thiocarbonyl (C=S) groups is 1. The van der Waals surface area contributed by atoms with Gasteiger partial charge >= 0.3 is 0 Å². The van der Waals surface area contributed by atoms with Crippen LogP contribution in [0.5, 0.6) is 5.88 Å². The van der Waals surface area contributed by atoms with Crippen molar-refractivity contribution in [3.05, 3.63) is 54.2 Å². The van der Waals surface area contributed by atoms with Gasteiger partial charge < -0.3 is 15.4 Å². The van der Waals surface area contributed by atoms with Crippen molar-refractivity contribution in [1.29, 1.82) is 0 Å². The minimum atomic E-state index is 0.588. The molecular weight excluding hydrogens is 326 g/mol. The molecule has 0 aliphatic rings. The maximum absolute atomic E-state index is 5.26. The van der Waals surface area contributed by atoms with Crippen molar-refractivity contribution >= 4 is 34.8 Å². The second-order valence-electron chi connectivity index (χ2n) is 4.86. The van der Waals surface area contributed by atoms with Crippen LogP contribution in [-0.4, -0.2) is 29.5 Å². The predicted molar refractivity (Wildman–Crippen MR) is 102 cm³/mol. The van der Waals surface area contributed by atoms with Gasteiger partial charge in [-0.2, -0.15) is 11.8 Å². The van der Waals surface area contributed by atoms with Crippen LogP contribution in [0.4, 0.5) is 5.69 Å². The lowest BCUT2D eigenvalue weighted by Gasteiger charge is -2.10. The molecule has 0 unspecified atom stereocenters. The molecule has 2 aromatic rings. The number of anilines is 1. The van der Waals surface area contributed by atoms with Crippen LogP contribution in [0.15, 0.2) is 48.7 Å². The number of rotatable bonds is 8. The van der Waals surface area contributed by atoms with Gasteiger partial charge in [0.25, 0.3) is 0 Å². The van der Waals surface area contributed by atoms with Gasteiger partial charge in [0, 0.05) is 18.4 Å². The minimum Gasteiger partial charge on any atom is -0.481 e. The third kappa shape index (κ3) is 6.88. The van der Waals surface area contributed by atoms with E-state index < -0.39 is 0 Å². The highest BCUT2D eigenvalue weighted by Gasteiger charge is 1.99. The van der Waals surface area contributed by atoms with Gasteiger partial charge in [-0.25, -0.2) is 4.98 Å². The molecule has 0 amide bonds. The Labute approximate surface area is 147 Å². The Morgan fingerprint density at radius 2 is 2.04 bits per heavy atom. The van der Waals surface area contributed by atoms with Gasteiger partial charge in [-0.05, 0) is 36.0 Å². The quantitative estimate of drug-likeness (QED) is 0.561. The fourth-order valence-corrected chi connectivity index (χ4v) is 3.03. The van der Waals surface area contributed by atoms with E-state index in [-0.39, 0.29) is 0 Å². The van der Waals surface area contributed by atoms with E-state index in [4.69, 9.17) is 17.0 Å². The maximum atomic E-state index is 5.26. The molecule has 0 saturated heterocycles. The van der Waals surface area contributed by atoms with Crippen molar-refractivity contribution in [2.24, 2.45) is 0 Å². The van der Waals surface area contributed by atoms with E-state index in [1.165, 1.54) is 5.56 Å². The zero-order valence-corrected chi connectivity index (χ0v) is 14.8. The first kappa shape index (κ1) is 17.6. The van der Waals surface area contributed by atoms with E-state index >= 15 is 0 Å². The van der Waals surface area contributed by atoms with Crippen LogP contribution < -0.4 is 15.4 Å². The smallest absolute Gasteiger partial charge is 0.213 e. The summed E-state index contributed by atoms with van der Waals surface area (Å²) in [6.07, 6.45) is 2.77. The molecule has 1 heterocycles. The molecule has 0 atom stereocenters. The van der Waals surface area contributed by atoms with Gasteiger partial charge in [0.05, 0.1) is 19.0 Å². The zero-order valence-electron chi connectivity index (χ0n) is 13.1. The number of aromatic nitrogens is 1. The Morgan fingerprint density at radius 1 is 1.22 bits per heavy atom. The molecule has 4 nitrogen and oxygen atoms in total. The molecule has 1 aromatic heterocycles. The van der Waals surface area contributed by atoms with Crippen LogP contribution in [0.2, 0.25) is 0 Å². The van der Waals surface area contributed by atoms with E-state index in [9.17, 15) is 0 Å². The lowest BCUT2D eigenvalue weighted by atomic mass is 10.2. The van der Waals surface area contributed by atoms with Crippen LogP contribution in [0.1, 0.15) is 12.0 Å². The summed E-state index contributed by atoms with van der Waals surface area (Å²) in [5.74, 6) is 2.75. The summed E-state index contributed by atoms with van der Waals surface area (Å²) in [5.41, 5.74) is 2.22. The Morgan fingerprint density at radius 3 is 2.74 bits per heavy atom. The van der Waals surface area contributed by atoms with Crippen molar-refractivity contribution in [3.8, 4) is 5.88 Å². The number of hydrogen-bond acceptors (Lipinski definition) is 4. The molecule has 0 radical (unpaired) electrons. The molecule has 0 fully saturated rings. The number of hydrogen-bond donors (Lipinski definition) is 2. The first-order valence-electron chi connectivity index (χ1n) is 7.44. The average molecular weight is 348 g/mol. The second kappa shape index (κ2) is 10.1. The number of nitrogens with zero attached hydrogens (tertiary/aromatic N) is 1. The summed E-state index contributed by atoms with van der Waals surface area (Å²) in [5, 5.41) is 6.93. The molecule has 0 aliphatic heterocycles. The molecule has 0 bridgehead atoms. The molecule has 23 heavy (non-hydrogen) atoms. The third-order valence-corrected chi connectivity index (χ3v) is 4.43. The lowest BCUT2D eigenvalue weighted by molar-refractivity contribution is 0.398. The first-order valence-corrected chi connectivity index (χ1v) is 9.01. The Balaban J connectivity index is 1.56. The van der Waals surface area contributed by atoms with Gasteiger partial charge in [0.15, 0.2) is 5.11 Å². The molecule has 0 saturated carbocycles. The van der Waals surface area contributed by atoms with E-state index in [0.29, 0.717) is 11.0 Å². The van der Waals surface area contributed by atoms with E-state index in [2.05, 4.69) is 39.9 Å². The molecule has 1 aromatic carbocycles. The predicted octanol–water partition coefficient (Wildman–Crippen LogP) is 3.70. The standard InChI is InChI=1S/C17H21N3OS2/c1-21-16-9-8-15(12-19-16)20-17(22)18-10-5-11-23-13-14-6-3-2-4-7-14/h2-4,6-9,12H,5,10-11,13H2,1H3,(H2,18,20,22). The van der Waals surface area contributed by atoms with Gasteiger partial charge in [-0.3, -0.25) is 0 Å². The Bertz CT molecular complexity index is 591. The number of methoxy groups -OCH3 is 1. The highest BCUT2D eigenvalue weighted by Crippen LogP contribution is 2.12. The molecule has 2 N–H and O–H groups in total. The van der Waals surface area contributed by atoms with Gasteiger partial charge in [-0.1, -0.05) is 30.3 Å². The fraction of sp³-hybridized carbons (Fsp3) is 0.294. The summed E-state index contributed by atoms with van der Waals surface area (Å²) in [6.45, 7) is 0.858. The molecule has 122 valence electrons. The van der Waals surface area contributed by atoms with Gasteiger partial charge in [0.2, 0.25) is 5.88 Å². The summed E-state index contributed by atoms with van der Waals surface area (Å²) in [4.78, 5) is 4.12. The SMILES string of the molecule is COc1ccc(NC(=S)NCCCSCc2ccccc2)cn1. The first-order chi connectivity index (χ1) is 11.3. The summed E-state index contributed by atoms with van der Waals surface area (Å²) in [7, 11) is 1.59. The summed E-state index contributed by atoms with van der Waals surface area (Å²) in [6, 6.07) is 14.2. The van der Waals surface area contributed by atoms with Crippen LogP contribution in [-0.2, 0) is 5.75 Å². The van der Waals surface area contributed by atoms with Gasteiger partial charge in [0.1, 0.15) is 0 Å². The summed E-state index contributed by atoms with van der Waals surface area (Å²) < 4.78 is 5.02. The molecule has 6 heteroatoms. The van der Waals surface area contributed by atoms with E-state index in [1.807, 2.05) is 23.9 Å². The van der Waals surface area contributed by atoms with Crippen molar-refractivity contribution in [2.75, 3.05) is 24.7 Å². The largest absolute Gasteiger partial charge is 0.481 e. The average Bonchev–Trinajstić information content (AvgIpc) is 2.59. The van der Waals surface area contributed by atoms with Crippen LogP contribution in [0.25, 0.3) is 0 Å². The molecular formula is C17H21N3OS2. The minimum absolute atomic E-state index is 0.588. The topological polar surface area (TPSA) is 46.2 Å². The lowest BCUT2D eigenvalue weighted by Crippen LogP contribution is -2.29. The number of nitrogens with one attached hydrogen (secondary N) is 2. The monoisotopic (exact) mass is 347 g/mol. The highest BCUT2D eigenvalue weighted by molar-refractivity contribution is 7.98. The molecule has 0 spiro atoms. The van der Waals surface area contributed by atoms with Gasteiger partial charge in [-0.15, -0.1) is 0 Å². The number of thioether (sulfide) groups is 1. The van der Waals surface area contributed by atoms with Crippen LogP contribution in [0.3, 0.4) is 0 Å². The van der Waals surface area contributed by atoms with Crippen molar-refractivity contribution in [2.45, 2.75) is 12.2 Å². The van der Waals surface area contributed by atoms with E-state index in [1.54, 1.807) is 19.4 Å². The Kier molecular flexibility index (Phi) is 7.69. The maximum Gasteiger partial charge on any atom is 0.213 e. The number of ether oxygens (including phenoxy) is 1. The number of benzene rings is 1. The number of pyridine rings is 1. The molecule has 0 aliphatic carbocycles. The normalized spacial score (nSPS) is 10.1. The molecule has 2 rings (SSSR count). The van der Waals surface area contributed by atoms with Crippen molar-refractivity contribution in [3.63, 3.8) is 0 Å². The fourth-order valence-electron chi connectivity index (χ4n) is 1.89. The van der Waals surface area contributed by atoms with Crippen molar-refractivity contribution < 1.29 is 4.74 Å². The van der Waals surface area contributed by atoms with Crippen LogP contribution in [0, 0.1) is 0 Å². The summed E-state index contributed by atoms with van der Waals surface area (Å²) >= 11 is 7.20. The Hall–Kier alpha value is -1.79. The van der Waals surface area contributed by atoms with Crippen LogP contribution >= 0.6 is 24.0 Å². The third-order valence-electron chi connectivity index (χ3n) is 3.07. The van der Waals surface area contributed by atoms with E-state index in [0.717, 1.165) is 30.2 Å². The highest BCUT2D eigenvalue weighted by atomic mass is 32.2. The zero-order chi connectivity index (χ0) is 16.3. The second-order valence-corrected chi connectivity index (χ2v) is 6.38.